The Hall–Kier alpha value is -4.62. The number of carbonyl (C=O) groups is 3. The van der Waals surface area contributed by atoms with Crippen LogP contribution in [0.3, 0.4) is 0 Å². The first-order chi connectivity index (χ1) is 20.8. The Kier molecular flexibility index (Phi) is 11.3. The molecule has 13 nitrogen and oxygen atoms in total. The number of ether oxygens (including phenoxy) is 4. The van der Waals surface area contributed by atoms with Crippen molar-refractivity contribution in [2.45, 2.75) is 71.3 Å². The summed E-state index contributed by atoms with van der Waals surface area (Å²) in [4.78, 5) is 41.0. The average molecular weight is 615 g/mol. The molecule has 3 aromatic rings. The second kappa shape index (κ2) is 14.7. The first-order valence-corrected chi connectivity index (χ1v) is 14.1. The van der Waals surface area contributed by atoms with Crippen LogP contribution in [0.25, 0.3) is 0 Å². The monoisotopic (exact) mass is 614 g/mol. The van der Waals surface area contributed by atoms with Crippen molar-refractivity contribution in [2.75, 3.05) is 32.3 Å². The minimum atomic E-state index is -2.26. The summed E-state index contributed by atoms with van der Waals surface area (Å²) in [5, 5.41) is 16.0. The molecule has 0 fully saturated rings. The first kappa shape index (κ1) is 33.9. The van der Waals surface area contributed by atoms with Gasteiger partial charge in [-0.25, -0.2) is 13.9 Å². The molecule has 14 heteroatoms. The van der Waals surface area contributed by atoms with Gasteiger partial charge in [0.25, 0.3) is 0 Å². The number of hydrogen-bond acceptors (Lipinski definition) is 12. The third kappa shape index (κ3) is 8.48. The molecule has 238 valence electrons. The summed E-state index contributed by atoms with van der Waals surface area (Å²) >= 11 is 0. The van der Waals surface area contributed by atoms with Gasteiger partial charge in [-0.2, -0.15) is 5.10 Å². The van der Waals surface area contributed by atoms with Gasteiger partial charge in [0.05, 0.1) is 38.8 Å². The van der Waals surface area contributed by atoms with Crippen molar-refractivity contribution in [1.82, 2.24) is 25.2 Å². The molecule has 0 aliphatic rings. The molecule has 0 aliphatic carbocycles. The van der Waals surface area contributed by atoms with Gasteiger partial charge in [-0.05, 0) is 64.4 Å². The van der Waals surface area contributed by atoms with Crippen molar-refractivity contribution in [3.63, 3.8) is 0 Å². The van der Waals surface area contributed by atoms with E-state index in [9.17, 15) is 14.4 Å². The van der Waals surface area contributed by atoms with Gasteiger partial charge in [0.1, 0.15) is 17.5 Å². The van der Waals surface area contributed by atoms with Crippen molar-refractivity contribution in [3.8, 4) is 5.75 Å². The second-order valence-corrected chi connectivity index (χ2v) is 11.0. The summed E-state index contributed by atoms with van der Waals surface area (Å²) in [7, 11) is 3.40. The molecular formula is C30H39FN6O7. The summed E-state index contributed by atoms with van der Waals surface area (Å²) in [5.74, 6) is -1.60. The average Bonchev–Trinajstić information content (AvgIpc) is 3.44. The minimum Gasteiger partial charge on any atom is -0.497 e. The van der Waals surface area contributed by atoms with E-state index in [-0.39, 0.29) is 24.6 Å². The molecule has 1 aromatic carbocycles. The maximum Gasteiger partial charge on any atom is 0.361 e. The van der Waals surface area contributed by atoms with Gasteiger partial charge in [-0.3, -0.25) is 9.59 Å². The minimum absolute atomic E-state index is 0.0740. The van der Waals surface area contributed by atoms with E-state index in [1.54, 1.807) is 54.8 Å². The number of halogens is 1. The third-order valence-corrected chi connectivity index (χ3v) is 6.36. The Balaban J connectivity index is 1.89. The third-order valence-electron chi connectivity index (χ3n) is 6.36. The molecule has 2 aromatic heterocycles. The molecule has 1 unspecified atom stereocenters. The fourth-order valence-corrected chi connectivity index (χ4v) is 4.33. The predicted molar refractivity (Wildman–Crippen MR) is 157 cm³/mol. The van der Waals surface area contributed by atoms with Gasteiger partial charge in [0.15, 0.2) is 11.5 Å². The number of rotatable bonds is 14. The van der Waals surface area contributed by atoms with E-state index in [2.05, 4.69) is 20.5 Å². The first-order valence-electron chi connectivity index (χ1n) is 14.1. The number of aromatic nitrogens is 5. The van der Waals surface area contributed by atoms with Crippen LogP contribution in [0.2, 0.25) is 0 Å². The van der Waals surface area contributed by atoms with Crippen LogP contribution in [0.15, 0.2) is 42.6 Å². The Bertz CT molecular complexity index is 1390. The molecule has 0 saturated heterocycles. The molecule has 0 aliphatic heterocycles. The normalized spacial score (nSPS) is 12.3. The number of hydrogen-bond donors (Lipinski definition) is 0. The highest BCUT2D eigenvalue weighted by Crippen LogP contribution is 2.34. The molecule has 0 radical (unpaired) electrons. The van der Waals surface area contributed by atoms with Crippen LogP contribution in [0, 0.1) is 0 Å². The maximum atomic E-state index is 15.8. The van der Waals surface area contributed by atoms with E-state index in [4.69, 9.17) is 18.9 Å². The Morgan fingerprint density at radius 3 is 2.11 bits per heavy atom. The van der Waals surface area contributed by atoms with Crippen molar-refractivity contribution in [1.29, 1.82) is 0 Å². The van der Waals surface area contributed by atoms with Crippen LogP contribution in [0.5, 0.6) is 5.75 Å². The number of methoxy groups -OCH3 is 1. The van der Waals surface area contributed by atoms with Crippen molar-refractivity contribution in [3.05, 3.63) is 59.5 Å². The van der Waals surface area contributed by atoms with Crippen LogP contribution >= 0.6 is 0 Å². The molecule has 0 amide bonds. The van der Waals surface area contributed by atoms with Crippen molar-refractivity contribution < 1.29 is 37.7 Å². The standard InChI is InChI=1S/C30H39FN6O7/c1-8-42-27(39)30(28(40)43-9-2,16-21(31)18-37-19-23(32-35-37)26(38)44-29(3,4)5)24-14-15-25(34-33-24)36(6)17-20-10-12-22(41-7)13-11-20/h10-15,19,21H,8-9,16-18H2,1-7H3. The van der Waals surface area contributed by atoms with Gasteiger partial charge < -0.3 is 23.8 Å². The van der Waals surface area contributed by atoms with Crippen LogP contribution in [0.4, 0.5) is 10.2 Å². The van der Waals surface area contributed by atoms with E-state index in [0.717, 1.165) is 16.0 Å². The fraction of sp³-hybridized carbons (Fsp3) is 0.500. The predicted octanol–water partition coefficient (Wildman–Crippen LogP) is 3.46. The van der Waals surface area contributed by atoms with Gasteiger partial charge in [-0.15, -0.1) is 10.2 Å². The molecule has 44 heavy (non-hydrogen) atoms. The Labute approximate surface area is 255 Å². The molecule has 3 rings (SSSR count). The summed E-state index contributed by atoms with van der Waals surface area (Å²) in [6.07, 6.45) is -1.32. The topological polar surface area (TPSA) is 148 Å². The number of nitrogens with zero attached hydrogens (tertiary/aromatic N) is 6. The Morgan fingerprint density at radius 2 is 1.59 bits per heavy atom. The highest BCUT2D eigenvalue weighted by molar-refractivity contribution is 6.06. The molecule has 2 heterocycles. The lowest BCUT2D eigenvalue weighted by Gasteiger charge is -2.29. The number of alkyl halides is 1. The molecule has 1 atom stereocenters. The van der Waals surface area contributed by atoms with Crippen LogP contribution < -0.4 is 9.64 Å². The zero-order valence-electron chi connectivity index (χ0n) is 26.1. The van der Waals surface area contributed by atoms with E-state index in [0.29, 0.717) is 12.4 Å². The fourth-order valence-electron chi connectivity index (χ4n) is 4.33. The maximum absolute atomic E-state index is 15.8. The van der Waals surface area contributed by atoms with Gasteiger partial charge in [-0.1, -0.05) is 17.3 Å². The lowest BCUT2D eigenvalue weighted by atomic mass is 9.79. The van der Waals surface area contributed by atoms with Crippen molar-refractivity contribution >= 4 is 23.7 Å². The molecule has 0 N–H and O–H groups in total. The van der Waals surface area contributed by atoms with Crippen LogP contribution in [-0.2, 0) is 42.3 Å². The van der Waals surface area contributed by atoms with Gasteiger partial charge >= 0.3 is 17.9 Å². The number of esters is 3. The molecular weight excluding hydrogens is 575 g/mol. The number of carbonyl (C=O) groups excluding carboxylic acids is 3. The van der Waals surface area contributed by atoms with Crippen LogP contribution in [0.1, 0.15) is 62.8 Å². The number of benzene rings is 1. The molecule has 0 spiro atoms. The van der Waals surface area contributed by atoms with E-state index in [1.807, 2.05) is 29.2 Å². The quantitative estimate of drug-likeness (QED) is 0.149. The zero-order valence-corrected chi connectivity index (χ0v) is 26.1. The summed E-state index contributed by atoms with van der Waals surface area (Å²) in [5.41, 5.74) is -2.29. The van der Waals surface area contributed by atoms with E-state index < -0.39 is 48.1 Å². The smallest absolute Gasteiger partial charge is 0.361 e. The molecule has 0 bridgehead atoms. The van der Waals surface area contributed by atoms with Crippen molar-refractivity contribution in [2.24, 2.45) is 0 Å². The van der Waals surface area contributed by atoms with Gasteiger partial charge in [0, 0.05) is 20.0 Å². The largest absolute Gasteiger partial charge is 0.497 e. The lowest BCUT2D eigenvalue weighted by Crippen LogP contribution is -2.49. The molecule has 0 saturated carbocycles. The van der Waals surface area contributed by atoms with E-state index in [1.165, 1.54) is 12.3 Å². The van der Waals surface area contributed by atoms with Gasteiger partial charge in [0.2, 0.25) is 5.41 Å². The summed E-state index contributed by atoms with van der Waals surface area (Å²) in [6.45, 7) is 8.13. The van der Waals surface area contributed by atoms with E-state index >= 15 is 4.39 Å². The highest BCUT2D eigenvalue weighted by atomic mass is 19.1. The lowest BCUT2D eigenvalue weighted by molar-refractivity contribution is -0.166. The second-order valence-electron chi connectivity index (χ2n) is 11.0. The SMILES string of the molecule is CCOC(=O)C(CC(F)Cn1cc(C(=O)OC(C)(C)C)nn1)(C(=O)OCC)c1ccc(N(C)Cc2ccc(OC)cc2)nn1. The highest BCUT2D eigenvalue weighted by Gasteiger charge is 2.54. The number of anilines is 1. The summed E-state index contributed by atoms with van der Waals surface area (Å²) < 4.78 is 37.8. The summed E-state index contributed by atoms with van der Waals surface area (Å²) in [6, 6.07) is 10.5. The Morgan fingerprint density at radius 1 is 0.955 bits per heavy atom. The zero-order chi connectivity index (χ0) is 32.5. The van der Waals surface area contributed by atoms with Crippen LogP contribution in [-0.4, -0.2) is 82.2 Å².